The van der Waals surface area contributed by atoms with Crippen LogP contribution < -0.4 is 5.11 Å². The van der Waals surface area contributed by atoms with Gasteiger partial charge in [0.25, 0.3) is 0 Å². The molecule has 0 bridgehead atoms. The van der Waals surface area contributed by atoms with Gasteiger partial charge in [-0.2, -0.15) is 0 Å². The summed E-state index contributed by atoms with van der Waals surface area (Å²) in [5.74, 6) is -15.3. The van der Waals surface area contributed by atoms with Gasteiger partial charge in [0, 0.05) is 27.7 Å². The summed E-state index contributed by atoms with van der Waals surface area (Å²) >= 11 is 0. The van der Waals surface area contributed by atoms with Gasteiger partial charge < -0.3 is 66.4 Å². The van der Waals surface area contributed by atoms with E-state index in [-0.39, 0.29) is 27.8 Å². The first-order chi connectivity index (χ1) is 17.3. The van der Waals surface area contributed by atoms with Gasteiger partial charge in [0.05, 0.1) is 32.1 Å². The van der Waals surface area contributed by atoms with Gasteiger partial charge in [-0.25, -0.2) is 14.4 Å². The maximum Gasteiger partial charge on any atom is 0.340 e. The van der Waals surface area contributed by atoms with E-state index in [1.165, 1.54) is 0 Å². The number of carboxylic acids is 8. The smallest absolute Gasteiger partial charge is 0.340 e. The number of rotatable bonds is 14. The SMILES string of the molecule is O=C(O)CC(O)(CC(=O)O)C(=O)O.O=C(O)CC(O)(CC(=O)O)C(=O)O.O=C(O)C[C@@](O)(/C=C(\[O-])O)C(=O)O.[Ti]. The average Bonchev–Trinajstić information content (AvgIpc) is 2.64. The van der Waals surface area contributed by atoms with E-state index in [2.05, 4.69) is 0 Å². The first kappa shape index (κ1) is 42.8. The molecule has 0 aromatic heterocycles. The van der Waals surface area contributed by atoms with Gasteiger partial charge in [0.1, 0.15) is 0 Å². The summed E-state index contributed by atoms with van der Waals surface area (Å²) < 4.78 is 0. The first-order valence-corrected chi connectivity index (χ1v) is 9.38. The quantitative estimate of drug-likeness (QED) is 0.0641. The van der Waals surface area contributed by atoms with Crippen molar-refractivity contribution >= 4 is 47.8 Å². The molecule has 0 saturated carbocycles. The summed E-state index contributed by atoms with van der Waals surface area (Å²) in [7, 11) is 0. The van der Waals surface area contributed by atoms with E-state index in [4.69, 9.17) is 61.3 Å². The number of aliphatic carboxylic acids is 8. The van der Waals surface area contributed by atoms with E-state index < -0.39 is 103 Å². The number of hydrogen-bond acceptors (Lipinski definition) is 13. The second-order valence-electron chi connectivity index (χ2n) is 7.24. The third-order valence-corrected chi connectivity index (χ3v) is 3.72. The van der Waals surface area contributed by atoms with Gasteiger partial charge in [0.15, 0.2) is 16.8 Å². The Kier molecular flexibility index (Phi) is 19.3. The Bertz CT molecular complexity index is 912. The Morgan fingerprint density at radius 1 is 0.475 bits per heavy atom. The molecule has 226 valence electrons. The summed E-state index contributed by atoms with van der Waals surface area (Å²) in [6, 6.07) is 0. The Morgan fingerprint density at radius 3 is 0.825 bits per heavy atom. The van der Waals surface area contributed by atoms with E-state index in [0.717, 1.165) is 0 Å². The zero-order chi connectivity index (χ0) is 31.9. The monoisotopic (exact) mass is 623 g/mol. The minimum absolute atomic E-state index is 0. The van der Waals surface area contributed by atoms with Crippen molar-refractivity contribution in [1.29, 1.82) is 0 Å². The Balaban J connectivity index is -0.000000240. The van der Waals surface area contributed by atoms with Crippen LogP contribution in [0.2, 0.25) is 0 Å². The summed E-state index contributed by atoms with van der Waals surface area (Å²) in [5.41, 5.74) is -8.34. The van der Waals surface area contributed by atoms with Crippen LogP contribution in [0.4, 0.5) is 0 Å². The first-order valence-electron chi connectivity index (χ1n) is 9.38. The molecule has 1 atom stereocenters. The van der Waals surface area contributed by atoms with Gasteiger partial charge in [-0.3, -0.25) is 24.0 Å². The van der Waals surface area contributed by atoms with Crippen LogP contribution in [0, 0.1) is 0 Å². The number of carboxylic acid groups (broad SMARTS) is 8. The van der Waals surface area contributed by atoms with Crippen LogP contribution in [0.1, 0.15) is 32.1 Å². The Hall–Kier alpha value is -4.31. The normalized spacial score (nSPS) is 12.3. The topological polar surface area (TPSA) is 402 Å². The van der Waals surface area contributed by atoms with Gasteiger partial charge in [-0.1, -0.05) is 0 Å². The maximum atomic E-state index is 10.3. The van der Waals surface area contributed by atoms with Crippen molar-refractivity contribution in [2.75, 3.05) is 0 Å². The predicted octanol–water partition coefficient (Wildman–Crippen LogP) is -4.46. The molecule has 0 fully saturated rings. The van der Waals surface area contributed by atoms with Crippen LogP contribution in [0.5, 0.6) is 0 Å². The molecular formula is C18H23O21Ti-. The molecule has 0 unspecified atom stereocenters. The standard InChI is InChI=1S/3C6H8O7.Ti/c3*7-3(8)1-6(13,5(11)12)2-4(9)10;/h2*13H,1-2H2,(H,7,8)(H,9,10)(H,11,12);1,7-8,13H,2H2,(H,9,10)(H,11,12);/p-1/t;;6-;/m..0./s1. The van der Waals surface area contributed by atoms with Crippen LogP contribution >= 0.6 is 0 Å². The van der Waals surface area contributed by atoms with Crippen molar-refractivity contribution in [2.24, 2.45) is 0 Å². The van der Waals surface area contributed by atoms with E-state index >= 15 is 0 Å². The molecule has 0 amide bonds. The van der Waals surface area contributed by atoms with Gasteiger partial charge in [-0.15, -0.1) is 0 Å². The Labute approximate surface area is 235 Å². The molecule has 0 heterocycles. The zero-order valence-electron chi connectivity index (χ0n) is 19.7. The molecule has 0 aliphatic heterocycles. The molecule has 0 spiro atoms. The molecule has 40 heavy (non-hydrogen) atoms. The molecule has 12 N–H and O–H groups in total. The number of aliphatic hydroxyl groups is 4. The summed E-state index contributed by atoms with van der Waals surface area (Å²) in [6.45, 7) is 0. The molecule has 21 nitrogen and oxygen atoms in total. The minimum atomic E-state index is -2.86. The van der Waals surface area contributed by atoms with Gasteiger partial charge >= 0.3 is 47.8 Å². The van der Waals surface area contributed by atoms with E-state index in [1.807, 2.05) is 0 Å². The van der Waals surface area contributed by atoms with E-state index in [1.54, 1.807) is 0 Å². The fourth-order valence-electron chi connectivity index (χ4n) is 2.05. The van der Waals surface area contributed by atoms with Crippen LogP contribution in [0.25, 0.3) is 0 Å². The minimum Gasteiger partial charge on any atom is -0.629 e. The van der Waals surface area contributed by atoms with E-state index in [9.17, 15) is 43.5 Å². The second-order valence-corrected chi connectivity index (χ2v) is 7.24. The molecule has 0 aromatic rings. The van der Waals surface area contributed by atoms with Crippen molar-refractivity contribution in [2.45, 2.75) is 48.9 Å². The third-order valence-electron chi connectivity index (χ3n) is 3.72. The number of hydrogen-bond donors (Lipinski definition) is 12. The molecule has 22 heteroatoms. The largest absolute Gasteiger partial charge is 0.629 e. The average molecular weight is 623 g/mol. The van der Waals surface area contributed by atoms with Crippen molar-refractivity contribution < 1.29 is 126 Å². The second kappa shape index (κ2) is 18.1. The third kappa shape index (κ3) is 18.9. The van der Waals surface area contributed by atoms with Gasteiger partial charge in [-0.05, 0) is 6.08 Å². The Morgan fingerprint density at radius 2 is 0.700 bits per heavy atom. The summed E-state index contributed by atoms with van der Waals surface area (Å²) in [5, 5.41) is 111. The molecule has 0 rings (SSSR count). The number of carbonyl (C=O) groups is 8. The molecule has 0 aliphatic carbocycles. The summed E-state index contributed by atoms with van der Waals surface area (Å²) in [4.78, 5) is 81.3. The molecular weight excluding hydrogens is 600 g/mol. The molecule has 0 aliphatic rings. The predicted molar refractivity (Wildman–Crippen MR) is 110 cm³/mol. The maximum absolute atomic E-state index is 10.3. The fraction of sp³-hybridized carbons (Fsp3) is 0.444. The zero-order valence-corrected chi connectivity index (χ0v) is 21.2. The van der Waals surface area contributed by atoms with Crippen molar-refractivity contribution in [1.82, 2.24) is 0 Å². The van der Waals surface area contributed by atoms with Crippen molar-refractivity contribution in [3.8, 4) is 0 Å². The van der Waals surface area contributed by atoms with Crippen LogP contribution in [-0.4, -0.2) is 126 Å². The molecule has 0 aromatic carbocycles. The van der Waals surface area contributed by atoms with Crippen LogP contribution in [0.15, 0.2) is 12.0 Å². The molecule has 0 radical (unpaired) electrons. The van der Waals surface area contributed by atoms with Crippen LogP contribution in [0.3, 0.4) is 0 Å². The fourth-order valence-corrected chi connectivity index (χ4v) is 2.05. The van der Waals surface area contributed by atoms with Crippen molar-refractivity contribution in [3.05, 3.63) is 12.0 Å². The summed E-state index contributed by atoms with van der Waals surface area (Å²) in [6.07, 6.45) is -5.76. The number of aliphatic hydroxyl groups excluding tert-OH is 1. The van der Waals surface area contributed by atoms with Crippen molar-refractivity contribution in [3.63, 3.8) is 0 Å². The van der Waals surface area contributed by atoms with Gasteiger partial charge in [0.2, 0.25) is 0 Å². The van der Waals surface area contributed by atoms with E-state index in [0.29, 0.717) is 0 Å². The van der Waals surface area contributed by atoms with Crippen LogP contribution in [-0.2, 0) is 60.1 Å². The molecule has 0 saturated heterocycles.